The smallest absolute Gasteiger partial charge is 0.262 e. The summed E-state index contributed by atoms with van der Waals surface area (Å²) in [6.07, 6.45) is 2.42. The number of halogens is 1. The normalized spacial score (nSPS) is 14.9. The number of hydrogen-bond donors (Lipinski definition) is 1. The van der Waals surface area contributed by atoms with Crippen LogP contribution in [0.25, 0.3) is 10.1 Å². The second kappa shape index (κ2) is 8.33. The minimum Gasteiger partial charge on any atom is -0.341 e. The molecule has 1 atom stereocenters. The molecule has 0 spiro atoms. The van der Waals surface area contributed by atoms with Crippen LogP contribution in [-0.2, 0) is 11.2 Å². The molecule has 2 aromatic carbocycles. The van der Waals surface area contributed by atoms with Gasteiger partial charge in [-0.1, -0.05) is 36.4 Å². The molecule has 1 unspecified atom stereocenters. The first-order valence-electron chi connectivity index (χ1n) is 9.86. The Morgan fingerprint density at radius 3 is 2.52 bits per heavy atom. The van der Waals surface area contributed by atoms with Crippen molar-refractivity contribution in [3.8, 4) is 0 Å². The highest BCUT2D eigenvalue weighted by Crippen LogP contribution is 2.32. The molecule has 0 aliphatic carbocycles. The molecular weight excluding hydrogens is 387 g/mol. The van der Waals surface area contributed by atoms with E-state index in [-0.39, 0.29) is 17.6 Å². The number of likely N-dealkylation sites (tertiary alicyclic amines) is 1. The molecule has 3 aromatic rings. The Morgan fingerprint density at radius 2 is 1.83 bits per heavy atom. The van der Waals surface area contributed by atoms with E-state index < -0.39 is 6.04 Å². The average molecular weight is 411 g/mol. The second-order valence-corrected chi connectivity index (χ2v) is 8.47. The number of carbonyl (C=O) groups excluding carboxylic acids is 2. The Labute approximate surface area is 173 Å². The number of rotatable bonds is 5. The Hall–Kier alpha value is -2.73. The predicted octanol–water partition coefficient (Wildman–Crippen LogP) is 4.31. The molecule has 0 bridgehead atoms. The van der Waals surface area contributed by atoms with Gasteiger partial charge in [0.2, 0.25) is 5.91 Å². The van der Waals surface area contributed by atoms with Crippen LogP contribution in [0.3, 0.4) is 0 Å². The lowest BCUT2D eigenvalue weighted by Crippen LogP contribution is -2.48. The van der Waals surface area contributed by atoms with Gasteiger partial charge in [0.25, 0.3) is 5.91 Å². The highest BCUT2D eigenvalue weighted by molar-refractivity contribution is 7.21. The van der Waals surface area contributed by atoms with Gasteiger partial charge in [-0.3, -0.25) is 9.59 Å². The van der Waals surface area contributed by atoms with Crippen LogP contribution in [0.1, 0.15) is 33.6 Å². The Balaban J connectivity index is 1.61. The molecule has 2 amide bonds. The first-order chi connectivity index (χ1) is 14.0. The van der Waals surface area contributed by atoms with Crippen LogP contribution >= 0.6 is 11.3 Å². The summed E-state index contributed by atoms with van der Waals surface area (Å²) in [4.78, 5) is 28.4. The summed E-state index contributed by atoms with van der Waals surface area (Å²) in [6, 6.07) is 13.9. The van der Waals surface area contributed by atoms with E-state index in [1.807, 2.05) is 41.3 Å². The van der Waals surface area contributed by atoms with Crippen molar-refractivity contribution in [3.05, 3.63) is 70.4 Å². The maximum Gasteiger partial charge on any atom is 0.262 e. The largest absolute Gasteiger partial charge is 0.341 e. The maximum atomic E-state index is 14.2. The Morgan fingerprint density at radius 1 is 1.10 bits per heavy atom. The molecule has 4 nitrogen and oxygen atoms in total. The Bertz CT molecular complexity index is 1040. The number of carbonyl (C=O) groups is 2. The standard InChI is InChI=1S/C23H23FN2O2S/c1-15-20-17(24)10-7-11-19(20)29-21(15)22(27)25-18(14-16-8-3-2-4-9-16)23(28)26-12-5-6-13-26/h2-4,7-11,18H,5-6,12-14H2,1H3,(H,25,27). The third kappa shape index (κ3) is 4.03. The van der Waals surface area contributed by atoms with Gasteiger partial charge in [0.05, 0.1) is 4.88 Å². The van der Waals surface area contributed by atoms with Gasteiger partial charge in [0.15, 0.2) is 0 Å². The molecule has 1 saturated heterocycles. The zero-order valence-electron chi connectivity index (χ0n) is 16.3. The minimum atomic E-state index is -0.641. The summed E-state index contributed by atoms with van der Waals surface area (Å²) in [7, 11) is 0. The number of benzene rings is 2. The number of nitrogens with one attached hydrogen (secondary N) is 1. The summed E-state index contributed by atoms with van der Waals surface area (Å²) in [5.74, 6) is -0.703. The molecule has 0 radical (unpaired) electrons. The van der Waals surface area contributed by atoms with Crippen LogP contribution in [-0.4, -0.2) is 35.8 Å². The monoisotopic (exact) mass is 410 g/mol. The fourth-order valence-electron chi connectivity index (χ4n) is 3.90. The third-order valence-electron chi connectivity index (χ3n) is 5.41. The van der Waals surface area contributed by atoms with Gasteiger partial charge in [-0.2, -0.15) is 0 Å². The van der Waals surface area contributed by atoms with Crippen LogP contribution in [0.2, 0.25) is 0 Å². The minimum absolute atomic E-state index is 0.0513. The molecule has 1 aliphatic heterocycles. The van der Waals surface area contributed by atoms with Crippen LogP contribution in [0.15, 0.2) is 48.5 Å². The molecule has 1 aromatic heterocycles. The summed E-state index contributed by atoms with van der Waals surface area (Å²) in [6.45, 7) is 3.21. The maximum absolute atomic E-state index is 14.2. The molecule has 1 aliphatic rings. The predicted molar refractivity (Wildman–Crippen MR) is 114 cm³/mol. The average Bonchev–Trinajstić information content (AvgIpc) is 3.37. The number of amides is 2. The zero-order valence-corrected chi connectivity index (χ0v) is 17.1. The van der Waals surface area contributed by atoms with Crippen molar-refractivity contribution in [1.29, 1.82) is 0 Å². The SMILES string of the molecule is Cc1c(C(=O)NC(Cc2ccccc2)C(=O)N2CCCC2)sc2cccc(F)c12. The summed E-state index contributed by atoms with van der Waals surface area (Å²) in [5, 5.41) is 3.42. The van der Waals surface area contributed by atoms with Gasteiger partial charge in [0, 0.05) is 29.6 Å². The van der Waals surface area contributed by atoms with E-state index in [9.17, 15) is 14.0 Å². The van der Waals surface area contributed by atoms with Crippen molar-refractivity contribution in [2.24, 2.45) is 0 Å². The first-order valence-corrected chi connectivity index (χ1v) is 10.7. The summed E-state index contributed by atoms with van der Waals surface area (Å²) in [5.41, 5.74) is 1.61. The van der Waals surface area contributed by atoms with E-state index in [1.165, 1.54) is 17.4 Å². The van der Waals surface area contributed by atoms with Crippen molar-refractivity contribution in [2.75, 3.05) is 13.1 Å². The van der Waals surface area contributed by atoms with E-state index in [0.29, 0.717) is 22.2 Å². The number of fused-ring (bicyclic) bond motifs is 1. The number of nitrogens with zero attached hydrogens (tertiary/aromatic N) is 1. The first kappa shape index (κ1) is 19.6. The lowest BCUT2D eigenvalue weighted by molar-refractivity contribution is -0.132. The third-order valence-corrected chi connectivity index (χ3v) is 6.67. The number of aryl methyl sites for hydroxylation is 1. The van der Waals surface area contributed by atoms with Gasteiger partial charge in [-0.25, -0.2) is 4.39 Å². The molecule has 29 heavy (non-hydrogen) atoms. The lowest BCUT2D eigenvalue weighted by Gasteiger charge is -2.24. The molecule has 150 valence electrons. The summed E-state index contributed by atoms with van der Waals surface area (Å²) >= 11 is 1.26. The van der Waals surface area contributed by atoms with Gasteiger partial charge in [-0.15, -0.1) is 11.3 Å². The van der Waals surface area contributed by atoms with Crippen molar-refractivity contribution in [2.45, 2.75) is 32.2 Å². The van der Waals surface area contributed by atoms with Gasteiger partial charge < -0.3 is 10.2 Å². The quantitative estimate of drug-likeness (QED) is 0.681. The van der Waals surface area contributed by atoms with Crippen LogP contribution in [0.5, 0.6) is 0 Å². The fourth-order valence-corrected chi connectivity index (χ4v) is 5.03. The number of hydrogen-bond acceptors (Lipinski definition) is 3. The molecule has 1 N–H and O–H groups in total. The van der Waals surface area contributed by atoms with Gasteiger partial charge in [-0.05, 0) is 43.0 Å². The molecule has 1 fully saturated rings. The van der Waals surface area contributed by atoms with Crippen molar-refractivity contribution < 1.29 is 14.0 Å². The molecule has 0 saturated carbocycles. The molecule has 4 rings (SSSR count). The van der Waals surface area contributed by atoms with Gasteiger partial charge in [0.1, 0.15) is 11.9 Å². The Kier molecular flexibility index (Phi) is 5.62. The van der Waals surface area contributed by atoms with E-state index in [4.69, 9.17) is 0 Å². The number of thiophene rings is 1. The summed E-state index contributed by atoms with van der Waals surface area (Å²) < 4.78 is 15.0. The molecule has 2 heterocycles. The lowest BCUT2D eigenvalue weighted by atomic mass is 10.0. The molecule has 6 heteroatoms. The molecular formula is C23H23FN2O2S. The van der Waals surface area contributed by atoms with E-state index in [0.717, 1.165) is 36.2 Å². The topological polar surface area (TPSA) is 49.4 Å². The zero-order chi connectivity index (χ0) is 20.4. The second-order valence-electron chi connectivity index (χ2n) is 7.42. The van der Waals surface area contributed by atoms with E-state index in [2.05, 4.69) is 5.32 Å². The highest BCUT2D eigenvalue weighted by Gasteiger charge is 2.29. The van der Waals surface area contributed by atoms with Crippen LogP contribution < -0.4 is 5.32 Å². The van der Waals surface area contributed by atoms with Crippen molar-refractivity contribution >= 4 is 33.2 Å². The van der Waals surface area contributed by atoms with Gasteiger partial charge >= 0.3 is 0 Å². The van der Waals surface area contributed by atoms with Crippen LogP contribution in [0, 0.1) is 12.7 Å². The van der Waals surface area contributed by atoms with Crippen molar-refractivity contribution in [1.82, 2.24) is 10.2 Å². The van der Waals surface area contributed by atoms with Crippen LogP contribution in [0.4, 0.5) is 4.39 Å². The highest BCUT2D eigenvalue weighted by atomic mass is 32.1. The van der Waals surface area contributed by atoms with Crippen molar-refractivity contribution in [3.63, 3.8) is 0 Å². The fraction of sp³-hybridized carbons (Fsp3) is 0.304. The van der Waals surface area contributed by atoms with E-state index in [1.54, 1.807) is 13.0 Å². The van der Waals surface area contributed by atoms with E-state index >= 15 is 0 Å².